The lowest BCUT2D eigenvalue weighted by atomic mass is 9.93. The summed E-state index contributed by atoms with van der Waals surface area (Å²) >= 11 is 0. The summed E-state index contributed by atoms with van der Waals surface area (Å²) in [7, 11) is 0. The number of nitrogens with one attached hydrogen (secondary N) is 3. The van der Waals surface area contributed by atoms with Crippen LogP contribution in [0, 0.1) is 0 Å². The van der Waals surface area contributed by atoms with Gasteiger partial charge in [-0.3, -0.25) is 14.4 Å². The van der Waals surface area contributed by atoms with Gasteiger partial charge in [0.25, 0.3) is 0 Å². The number of hydrogen-bond acceptors (Lipinski definition) is 37. The van der Waals surface area contributed by atoms with Gasteiger partial charge in [0.2, 0.25) is 18.2 Å². The predicted molar refractivity (Wildman–Crippen MR) is 277 cm³/mol. The van der Waals surface area contributed by atoms with Gasteiger partial charge in [0, 0.05) is 13.8 Å². The summed E-state index contributed by atoms with van der Waals surface area (Å²) in [6, 6.07) is -4.70. The maximum absolute atomic E-state index is 13.2. The minimum Gasteiger partial charge on any atom is -0.394 e. The van der Waals surface area contributed by atoms with Gasteiger partial charge in [0.05, 0.1) is 65.0 Å². The number of amides is 3. The molecule has 0 aromatic carbocycles. The lowest BCUT2D eigenvalue weighted by Crippen LogP contribution is -2.71. The summed E-state index contributed by atoms with van der Waals surface area (Å²) in [4.78, 5) is 36.7. The fraction of sp³-hybridized carbons (Fsp3) is 0.940. The Kier molecular flexibility index (Phi) is 27.4. The van der Waals surface area contributed by atoms with Gasteiger partial charge in [0.15, 0.2) is 44.0 Å². The molecule has 90 heavy (non-hydrogen) atoms. The monoisotopic (exact) mass is 1320 g/mol. The van der Waals surface area contributed by atoms with E-state index in [2.05, 4.69) is 16.0 Å². The molecule has 7 aliphatic rings. The number of aliphatic hydroxyl groups is 20. The van der Waals surface area contributed by atoms with Gasteiger partial charge in [0.1, 0.15) is 165 Å². The first kappa shape index (κ1) is 74.4. The van der Waals surface area contributed by atoms with Crippen molar-refractivity contribution in [2.24, 2.45) is 0 Å². The highest BCUT2D eigenvalue weighted by molar-refractivity contribution is 5.73. The predicted octanol–water partition coefficient (Wildman–Crippen LogP) is -15.8. The molecule has 3 amide bonds. The molecular formula is C50H85N3O37. The van der Waals surface area contributed by atoms with Crippen LogP contribution >= 0.6 is 0 Å². The molecule has 0 unspecified atom stereocenters. The minimum atomic E-state index is -2.46. The van der Waals surface area contributed by atoms with E-state index in [-0.39, 0.29) is 6.41 Å². The molecule has 23 N–H and O–H groups in total. The summed E-state index contributed by atoms with van der Waals surface area (Å²) in [6.45, 7) is -4.36. The summed E-state index contributed by atoms with van der Waals surface area (Å²) in [5, 5.41) is 226. The fourth-order valence-electron chi connectivity index (χ4n) is 11.3. The van der Waals surface area contributed by atoms with Gasteiger partial charge < -0.3 is 184 Å². The van der Waals surface area contributed by atoms with Crippen molar-refractivity contribution in [2.75, 3.05) is 52.9 Å². The maximum atomic E-state index is 13.2. The van der Waals surface area contributed by atoms with E-state index >= 15 is 0 Å². The molecule has 40 heteroatoms. The highest BCUT2D eigenvalue weighted by Crippen LogP contribution is 2.39. The van der Waals surface area contributed by atoms with Crippen molar-refractivity contribution in [3.63, 3.8) is 0 Å². The Morgan fingerprint density at radius 2 is 0.744 bits per heavy atom. The van der Waals surface area contributed by atoms with Gasteiger partial charge in [-0.05, 0) is 6.92 Å². The topological polar surface area (TPSA) is 621 Å². The first-order valence-electron chi connectivity index (χ1n) is 28.7. The Morgan fingerprint density at radius 3 is 1.29 bits per heavy atom. The normalized spacial score (nSPS) is 48.1. The smallest absolute Gasteiger partial charge is 0.217 e. The Morgan fingerprint density at radius 1 is 0.378 bits per heavy atom. The van der Waals surface area contributed by atoms with Crippen LogP contribution < -0.4 is 16.0 Å². The Bertz CT molecular complexity index is 2220. The van der Waals surface area contributed by atoms with Gasteiger partial charge in [-0.15, -0.1) is 0 Å². The third-order valence-electron chi connectivity index (χ3n) is 16.3. The number of hydrogen-bond donors (Lipinski definition) is 23. The molecule has 40 nitrogen and oxygen atoms in total. The number of carbonyl (C=O) groups is 3. The van der Waals surface area contributed by atoms with Crippen molar-refractivity contribution < 1.29 is 183 Å². The molecule has 0 radical (unpaired) electrons. The van der Waals surface area contributed by atoms with Gasteiger partial charge in [-0.2, -0.15) is 0 Å². The molecular weight excluding hydrogens is 1230 g/mol. The van der Waals surface area contributed by atoms with Crippen LogP contribution in [0.3, 0.4) is 0 Å². The van der Waals surface area contributed by atoms with Gasteiger partial charge >= 0.3 is 0 Å². The summed E-state index contributed by atoms with van der Waals surface area (Å²) in [5.74, 6) is -1.78. The second kappa shape index (κ2) is 33.1. The standard InChI is InChI=1S/C50H85N3O37/c1-13-25(64)30(69)33(72)47(78-13)88-41-24(53-15(3)63)45(82-21(9-59)39(41)87-48-34(73)31(70)27(66)18(6-56)80-48)89-42-28(67)19(7-57)81-49(36(42)75)90-43-37(76)50(85-38-20(8-58)83-46(35(74)32(38)71)77-11-16(4-54)51-12-61)84-22(10-60)40(43)86-44-23(52-14(2)62)29(68)26(65)17(5-55)79-44/h12-13,16-50,54-60,64-76H,4-11H2,1-3H3,(H,51,61)(H,52,62)(H,53,63)/t13-,16+,17+,18+,19+,20+,21+,22+,23+,24+,25+,26-,27-,28-,29+,30+,31-,32+,33-,34+,35+,36+,37+,38+,39+,40-,41+,42-,43+,44-,45-,46+,47-,48-,49+,50-/m0/s1. The molecule has 0 bridgehead atoms. The molecule has 0 aliphatic carbocycles. The third kappa shape index (κ3) is 16.5. The van der Waals surface area contributed by atoms with Crippen LogP contribution in [0.4, 0.5) is 0 Å². The fourth-order valence-corrected chi connectivity index (χ4v) is 11.3. The van der Waals surface area contributed by atoms with E-state index in [0.29, 0.717) is 0 Å². The quantitative estimate of drug-likeness (QED) is 0.0358. The third-order valence-corrected chi connectivity index (χ3v) is 16.3. The molecule has 522 valence electrons. The van der Waals surface area contributed by atoms with E-state index in [1.165, 1.54) is 6.92 Å². The van der Waals surface area contributed by atoms with Gasteiger partial charge in [-0.25, -0.2) is 0 Å². The SMILES string of the molecule is CC(=O)N[C@H]1[C@H](O[C@@H]2[C@H](O[C@H]3O[C@H](CO)[C@H](O)[C@H](O[C@@H]4O[C@H](CO)[C@@H](O[C@@H]5O[C@H](CO)[C@H](O)[C@H](O)[C@H]5O)[C@H](O[C@@H]5O[C@@H](C)[C@@H](O)[C@@H](O)[C@@H]5O)[C@H]4NC(C)=O)[C@H]3O)[C@@H](O)[C@H](O[C@H]3[C@H](O)[C@@H](O)[C@H](OC[C@@H](CO)NC=O)O[C@@H]3CO)O[C@@H]2CO)O[C@H](CO)[C@H](O)[C@@H]1O. The van der Waals surface area contributed by atoms with Crippen LogP contribution in [0.2, 0.25) is 0 Å². The lowest BCUT2D eigenvalue weighted by Gasteiger charge is -2.52. The van der Waals surface area contributed by atoms with E-state index in [4.69, 9.17) is 66.3 Å². The second-order valence-corrected chi connectivity index (χ2v) is 22.5. The largest absolute Gasteiger partial charge is 0.394 e. The first-order valence-corrected chi connectivity index (χ1v) is 28.7. The zero-order valence-corrected chi connectivity index (χ0v) is 48.4. The van der Waals surface area contributed by atoms with Crippen molar-refractivity contribution in [2.45, 2.75) is 242 Å². The Hall–Kier alpha value is -2.95. The zero-order chi connectivity index (χ0) is 66.3. The first-order chi connectivity index (χ1) is 42.7. The van der Waals surface area contributed by atoms with Crippen molar-refractivity contribution in [3.8, 4) is 0 Å². The molecule has 7 aliphatic heterocycles. The number of ether oxygens (including phenoxy) is 14. The van der Waals surface area contributed by atoms with Crippen molar-refractivity contribution in [1.82, 2.24) is 16.0 Å². The van der Waals surface area contributed by atoms with Crippen molar-refractivity contribution in [3.05, 3.63) is 0 Å². The second-order valence-electron chi connectivity index (χ2n) is 22.5. The number of aliphatic hydroxyl groups excluding tert-OH is 20. The van der Waals surface area contributed by atoms with E-state index < -0.39 is 286 Å². The molecule has 0 aromatic rings. The average molecular weight is 1320 g/mol. The number of carbonyl (C=O) groups excluding carboxylic acids is 3. The summed E-state index contributed by atoms with van der Waals surface area (Å²) in [5.41, 5.74) is 0. The Balaban J connectivity index is 1.25. The molecule has 7 rings (SSSR count). The number of rotatable bonds is 26. The molecule has 7 saturated heterocycles. The molecule has 36 atom stereocenters. The molecule has 7 heterocycles. The highest BCUT2D eigenvalue weighted by atomic mass is 16.8. The van der Waals surface area contributed by atoms with Crippen LogP contribution in [-0.2, 0) is 80.7 Å². The maximum Gasteiger partial charge on any atom is 0.217 e. The minimum absolute atomic E-state index is 0.248. The van der Waals surface area contributed by atoms with Gasteiger partial charge in [-0.1, -0.05) is 0 Å². The van der Waals surface area contributed by atoms with Crippen LogP contribution in [-0.4, -0.2) is 394 Å². The van der Waals surface area contributed by atoms with E-state index in [0.717, 1.165) is 13.8 Å². The lowest BCUT2D eigenvalue weighted by molar-refractivity contribution is -0.404. The highest BCUT2D eigenvalue weighted by Gasteiger charge is 2.60. The molecule has 0 spiro atoms. The summed E-state index contributed by atoms with van der Waals surface area (Å²) in [6.07, 6.45) is -65.6. The Labute approximate surface area is 510 Å². The van der Waals surface area contributed by atoms with Crippen molar-refractivity contribution in [1.29, 1.82) is 0 Å². The van der Waals surface area contributed by atoms with Crippen LogP contribution in [0.1, 0.15) is 20.8 Å². The van der Waals surface area contributed by atoms with E-state index in [1.54, 1.807) is 0 Å². The van der Waals surface area contributed by atoms with Crippen LogP contribution in [0.15, 0.2) is 0 Å². The van der Waals surface area contributed by atoms with E-state index in [1.807, 2.05) is 0 Å². The molecule has 0 saturated carbocycles. The van der Waals surface area contributed by atoms with Crippen LogP contribution in [0.5, 0.6) is 0 Å². The molecule has 0 aromatic heterocycles. The van der Waals surface area contributed by atoms with E-state index in [9.17, 15) is 117 Å². The molecule has 7 fully saturated rings. The van der Waals surface area contributed by atoms with Crippen molar-refractivity contribution >= 4 is 18.2 Å². The zero-order valence-electron chi connectivity index (χ0n) is 48.4. The average Bonchev–Trinajstić information content (AvgIpc) is 0.923. The van der Waals surface area contributed by atoms with Crippen LogP contribution in [0.25, 0.3) is 0 Å². The summed E-state index contributed by atoms with van der Waals surface area (Å²) < 4.78 is 82.9.